The molecule has 15 heteroatoms. The summed E-state index contributed by atoms with van der Waals surface area (Å²) in [6, 6.07) is 28.6. The van der Waals surface area contributed by atoms with Crippen LogP contribution in [-0.4, -0.2) is 80.5 Å². The molecule has 4 heterocycles. The van der Waals surface area contributed by atoms with Crippen molar-refractivity contribution in [2.75, 3.05) is 72.8 Å². The molecule has 4 N–H and O–H groups in total. The maximum absolute atomic E-state index is 12.4. The van der Waals surface area contributed by atoms with E-state index < -0.39 is 6.36 Å². The number of alkyl halides is 3. The van der Waals surface area contributed by atoms with Crippen molar-refractivity contribution in [3.8, 4) is 5.75 Å². The largest absolute Gasteiger partial charge is 0.573 e. The molecule has 2 fully saturated rings. The number of amides is 2. The summed E-state index contributed by atoms with van der Waals surface area (Å²) < 4.78 is 40.6. The molecular formula is C49H52ClF3N8O3. The molecule has 0 saturated carbocycles. The highest BCUT2D eigenvalue weighted by atomic mass is 35.5. The molecule has 6 aromatic rings. The number of pyridine rings is 2. The van der Waals surface area contributed by atoms with Gasteiger partial charge in [-0.3, -0.25) is 9.59 Å². The Kier molecular flexibility index (Phi) is 15.3. The van der Waals surface area contributed by atoms with Crippen LogP contribution in [0.3, 0.4) is 0 Å². The quantitative estimate of drug-likeness (QED) is 0.0997. The number of rotatable bonds is 10. The number of carbonyl (C=O) groups is 2. The Morgan fingerprint density at radius 1 is 0.719 bits per heavy atom. The standard InChI is InChI=1S/C25H25F3N4O2.C24H27ClN4O/c1-17-15-23(32-13-2-11-29-12-14-32)31-22-9-6-19(16-21(17)22)30-24(33)10-5-18-3-7-20(8-4-18)34-25(26,27)28;1-17-15-23(29-13-2-11-26-12-14-29)28-22-9-8-20(16-21(17)22)27-24(30)10-5-18-3-6-19(25)7-4-18/h3-10,15-16,29H,2,11-14H2,1H3,(H,30,33);3-4,6-9,15-16,26H,2,5,10-14H2,1H3,(H,27,30). The summed E-state index contributed by atoms with van der Waals surface area (Å²) in [6.45, 7) is 12.0. The second-order valence-corrected chi connectivity index (χ2v) is 16.3. The van der Waals surface area contributed by atoms with E-state index in [4.69, 9.17) is 21.6 Å². The van der Waals surface area contributed by atoms with Gasteiger partial charge in [-0.2, -0.15) is 0 Å². The highest BCUT2D eigenvalue weighted by molar-refractivity contribution is 6.30. The zero-order valence-corrected chi connectivity index (χ0v) is 36.7. The average molecular weight is 893 g/mol. The molecule has 0 unspecified atom stereocenters. The number of ether oxygens (including phenoxy) is 1. The van der Waals surface area contributed by atoms with Gasteiger partial charge >= 0.3 is 6.36 Å². The van der Waals surface area contributed by atoms with Crippen LogP contribution in [0.4, 0.5) is 36.2 Å². The molecule has 2 aromatic heterocycles. The van der Waals surface area contributed by atoms with Gasteiger partial charge in [-0.05, 0) is 147 Å². The summed E-state index contributed by atoms with van der Waals surface area (Å²) in [4.78, 5) is 39.1. The zero-order valence-electron chi connectivity index (χ0n) is 35.9. The zero-order chi connectivity index (χ0) is 45.1. The first-order valence-corrected chi connectivity index (χ1v) is 21.9. The van der Waals surface area contributed by atoms with E-state index >= 15 is 0 Å². The summed E-state index contributed by atoms with van der Waals surface area (Å²) in [5, 5.41) is 15.4. The predicted molar refractivity (Wildman–Crippen MR) is 252 cm³/mol. The fourth-order valence-electron chi connectivity index (χ4n) is 7.65. The van der Waals surface area contributed by atoms with Gasteiger partial charge in [0.15, 0.2) is 0 Å². The molecule has 0 radical (unpaired) electrons. The second kappa shape index (κ2) is 21.4. The lowest BCUT2D eigenvalue weighted by molar-refractivity contribution is -0.274. The third kappa shape index (κ3) is 13.2. The molecule has 11 nitrogen and oxygen atoms in total. The van der Waals surface area contributed by atoms with Gasteiger partial charge in [0.05, 0.1) is 11.0 Å². The molecule has 8 rings (SSSR count). The number of carbonyl (C=O) groups excluding carboxylic acids is 2. The topological polar surface area (TPSA) is 124 Å². The van der Waals surface area contributed by atoms with Gasteiger partial charge in [-0.15, -0.1) is 13.2 Å². The van der Waals surface area contributed by atoms with Crippen LogP contribution >= 0.6 is 11.6 Å². The number of hydrogen-bond donors (Lipinski definition) is 4. The van der Waals surface area contributed by atoms with Crippen molar-refractivity contribution in [2.45, 2.75) is 45.9 Å². The van der Waals surface area contributed by atoms with Crippen LogP contribution in [0.5, 0.6) is 5.75 Å². The molecular weight excluding hydrogens is 841 g/mol. The van der Waals surface area contributed by atoms with Gasteiger partial charge in [0, 0.05) is 78.9 Å². The molecule has 0 spiro atoms. The van der Waals surface area contributed by atoms with E-state index in [9.17, 15) is 22.8 Å². The van der Waals surface area contributed by atoms with Crippen LogP contribution in [0, 0.1) is 13.8 Å². The Labute approximate surface area is 376 Å². The van der Waals surface area contributed by atoms with Gasteiger partial charge in [-0.25, -0.2) is 9.97 Å². The number of fused-ring (bicyclic) bond motifs is 2. The van der Waals surface area contributed by atoms with Gasteiger partial charge in [0.1, 0.15) is 17.4 Å². The van der Waals surface area contributed by atoms with Crippen molar-refractivity contribution < 1.29 is 27.5 Å². The van der Waals surface area contributed by atoms with Crippen LogP contribution in [0.25, 0.3) is 27.9 Å². The first kappa shape index (κ1) is 45.8. The molecule has 64 heavy (non-hydrogen) atoms. The lowest BCUT2D eigenvalue weighted by atomic mass is 10.1. The summed E-state index contributed by atoms with van der Waals surface area (Å²) >= 11 is 5.91. The molecule has 0 bridgehead atoms. The van der Waals surface area contributed by atoms with E-state index in [0.717, 1.165) is 115 Å². The van der Waals surface area contributed by atoms with Gasteiger partial charge in [0.2, 0.25) is 11.8 Å². The van der Waals surface area contributed by atoms with Gasteiger partial charge in [-0.1, -0.05) is 35.9 Å². The fourth-order valence-corrected chi connectivity index (χ4v) is 7.78. The minimum atomic E-state index is -4.74. The molecule has 0 aliphatic carbocycles. The first-order valence-electron chi connectivity index (χ1n) is 21.5. The van der Waals surface area contributed by atoms with Crippen molar-refractivity contribution in [3.05, 3.63) is 130 Å². The van der Waals surface area contributed by atoms with Crippen molar-refractivity contribution in [3.63, 3.8) is 0 Å². The Morgan fingerprint density at radius 3 is 1.81 bits per heavy atom. The molecule has 334 valence electrons. The minimum Gasteiger partial charge on any atom is -0.406 e. The minimum absolute atomic E-state index is 0.00333. The monoisotopic (exact) mass is 892 g/mol. The third-order valence-electron chi connectivity index (χ3n) is 11.0. The molecule has 4 aromatic carbocycles. The molecule has 0 atom stereocenters. The Balaban J connectivity index is 0.000000193. The number of nitrogens with one attached hydrogen (secondary N) is 4. The van der Waals surface area contributed by atoms with Crippen LogP contribution < -0.4 is 35.8 Å². The first-order chi connectivity index (χ1) is 30.8. The van der Waals surface area contributed by atoms with Crippen molar-refractivity contribution in [1.29, 1.82) is 0 Å². The van der Waals surface area contributed by atoms with E-state index in [1.165, 1.54) is 42.0 Å². The number of halogens is 4. The highest BCUT2D eigenvalue weighted by Crippen LogP contribution is 2.28. The van der Waals surface area contributed by atoms with Crippen molar-refractivity contribution >= 4 is 74.3 Å². The van der Waals surface area contributed by atoms with Gasteiger partial charge in [0.25, 0.3) is 0 Å². The van der Waals surface area contributed by atoms with Crippen molar-refractivity contribution in [2.24, 2.45) is 0 Å². The smallest absolute Gasteiger partial charge is 0.406 e. The molecule has 2 saturated heterocycles. The molecule has 2 aliphatic heterocycles. The number of benzene rings is 4. The Bertz CT molecular complexity index is 2570. The van der Waals surface area contributed by atoms with Crippen LogP contribution in [-0.2, 0) is 16.0 Å². The van der Waals surface area contributed by atoms with E-state index in [0.29, 0.717) is 29.1 Å². The Hall–Kier alpha value is -6.22. The molecule has 2 aliphatic rings. The number of hydrogen-bond acceptors (Lipinski definition) is 9. The maximum atomic E-state index is 12.4. The summed E-state index contributed by atoms with van der Waals surface area (Å²) in [5.41, 5.74) is 7.18. The number of aryl methyl sites for hydroxylation is 3. The SMILES string of the molecule is Cc1cc(N2CCCNCC2)nc2ccc(NC(=O)C=Cc3ccc(OC(F)(F)F)cc3)cc12.Cc1cc(N2CCCNCC2)nc2ccc(NC(=O)CCc3ccc(Cl)cc3)cc12. The third-order valence-corrected chi connectivity index (χ3v) is 11.2. The molecule has 2 amide bonds. The van der Waals surface area contributed by atoms with Crippen molar-refractivity contribution in [1.82, 2.24) is 20.6 Å². The fraction of sp³-hybridized carbons (Fsp3) is 0.306. The van der Waals surface area contributed by atoms with E-state index in [1.54, 1.807) is 6.07 Å². The lowest BCUT2D eigenvalue weighted by Gasteiger charge is -2.22. The highest BCUT2D eigenvalue weighted by Gasteiger charge is 2.31. The van der Waals surface area contributed by atoms with E-state index in [1.807, 2.05) is 61.5 Å². The number of nitrogens with zero attached hydrogens (tertiary/aromatic N) is 4. The van der Waals surface area contributed by atoms with Crippen LogP contribution in [0.2, 0.25) is 5.02 Å². The normalized spacial score (nSPS) is 14.7. The number of anilines is 4. The predicted octanol–water partition coefficient (Wildman–Crippen LogP) is 9.46. The second-order valence-electron chi connectivity index (χ2n) is 15.9. The van der Waals surface area contributed by atoms with E-state index in [2.05, 4.69) is 54.9 Å². The van der Waals surface area contributed by atoms with Crippen LogP contribution in [0.1, 0.15) is 41.5 Å². The summed E-state index contributed by atoms with van der Waals surface area (Å²) in [5.74, 6) is 1.33. The number of aromatic nitrogens is 2. The van der Waals surface area contributed by atoms with Crippen LogP contribution in [0.15, 0.2) is 103 Å². The summed E-state index contributed by atoms with van der Waals surface area (Å²) in [6.07, 6.45) is 1.41. The summed E-state index contributed by atoms with van der Waals surface area (Å²) in [7, 11) is 0. The van der Waals surface area contributed by atoms with E-state index in [-0.39, 0.29) is 17.6 Å². The average Bonchev–Trinajstić information content (AvgIpc) is 3.73. The Morgan fingerprint density at radius 2 is 1.27 bits per heavy atom. The van der Waals surface area contributed by atoms with Gasteiger partial charge < -0.3 is 35.8 Å². The lowest BCUT2D eigenvalue weighted by Crippen LogP contribution is -2.28. The maximum Gasteiger partial charge on any atom is 0.573 e.